The first-order valence-electron chi connectivity index (χ1n) is 11.9. The van der Waals surface area contributed by atoms with Crippen LogP contribution in [0.4, 0.5) is 22.9 Å². The highest BCUT2D eigenvalue weighted by molar-refractivity contribution is 7.90. The van der Waals surface area contributed by atoms with Crippen molar-refractivity contribution in [1.29, 1.82) is 0 Å². The number of aromatic nitrogens is 2. The Bertz CT molecular complexity index is 1420. The maximum atomic E-state index is 12.3. The lowest BCUT2D eigenvalue weighted by molar-refractivity contribution is 0.145. The minimum atomic E-state index is -3.43. The first-order valence-corrected chi connectivity index (χ1v) is 13.8. The number of hydrogen-bond acceptors (Lipinski definition) is 9. The molecule has 0 aliphatic carbocycles. The molecule has 2 aliphatic heterocycles. The molecule has 2 aliphatic rings. The number of benzene rings is 2. The molecule has 2 aromatic carbocycles. The lowest BCUT2D eigenvalue weighted by Gasteiger charge is -2.31. The molecule has 0 radical (unpaired) electrons. The predicted molar refractivity (Wildman–Crippen MR) is 140 cm³/mol. The molecule has 10 heteroatoms. The van der Waals surface area contributed by atoms with Gasteiger partial charge in [0.05, 0.1) is 29.5 Å². The molecular formula is C26H29N5O4S. The van der Waals surface area contributed by atoms with E-state index in [9.17, 15) is 13.5 Å². The maximum absolute atomic E-state index is 12.3. The Hall–Kier alpha value is -3.50. The zero-order valence-electron chi connectivity index (χ0n) is 20.3. The highest BCUT2D eigenvalue weighted by Crippen LogP contribution is 2.35. The number of rotatable bonds is 7. The highest BCUT2D eigenvalue weighted by Gasteiger charge is 2.22. The SMILES string of the molecule is COc1cc(N2CCC(O)CC2)ccc1Cc1nc2c(c(Nc3ccccc3S(C)(=O)=O)n1)N=CC2. The van der Waals surface area contributed by atoms with Gasteiger partial charge in [-0.15, -0.1) is 0 Å². The van der Waals surface area contributed by atoms with Gasteiger partial charge in [0.2, 0.25) is 0 Å². The number of sulfone groups is 1. The smallest absolute Gasteiger partial charge is 0.177 e. The van der Waals surface area contributed by atoms with Crippen LogP contribution in [0.2, 0.25) is 0 Å². The minimum Gasteiger partial charge on any atom is -0.496 e. The van der Waals surface area contributed by atoms with Crippen LogP contribution >= 0.6 is 0 Å². The van der Waals surface area contributed by atoms with Gasteiger partial charge in [0, 0.05) is 55.7 Å². The zero-order chi connectivity index (χ0) is 25.3. The molecule has 5 rings (SSSR count). The van der Waals surface area contributed by atoms with Crippen LogP contribution in [0.5, 0.6) is 5.75 Å². The van der Waals surface area contributed by atoms with E-state index >= 15 is 0 Å². The molecular weight excluding hydrogens is 478 g/mol. The van der Waals surface area contributed by atoms with Crippen molar-refractivity contribution in [2.75, 3.05) is 36.7 Å². The van der Waals surface area contributed by atoms with Crippen molar-refractivity contribution in [3.05, 3.63) is 59.5 Å². The van der Waals surface area contributed by atoms with Crippen molar-refractivity contribution >= 4 is 38.9 Å². The van der Waals surface area contributed by atoms with Gasteiger partial charge in [0.25, 0.3) is 0 Å². The van der Waals surface area contributed by atoms with E-state index < -0.39 is 9.84 Å². The standard InChI is InChI=1S/C26H29N5O4S/c1-35-22-16-18(31-13-10-19(32)11-14-31)8-7-17(22)15-24-28-21-9-12-27-25(21)26(30-24)29-20-5-3-4-6-23(20)36(2,33)34/h3-8,12,16,19,32H,9-11,13-15H2,1-2H3,(H,28,29,30). The molecule has 3 aromatic rings. The first-order chi connectivity index (χ1) is 17.3. The summed E-state index contributed by atoms with van der Waals surface area (Å²) in [6, 6.07) is 12.9. The van der Waals surface area contributed by atoms with E-state index in [-0.39, 0.29) is 11.0 Å². The third-order valence-corrected chi connectivity index (χ3v) is 7.65. The largest absolute Gasteiger partial charge is 0.496 e. The second-order valence-corrected chi connectivity index (χ2v) is 11.1. The number of nitrogens with zero attached hydrogens (tertiary/aromatic N) is 4. The number of ether oxygens (including phenoxy) is 1. The van der Waals surface area contributed by atoms with Crippen LogP contribution in [-0.4, -0.2) is 62.3 Å². The Kier molecular flexibility index (Phi) is 6.63. The van der Waals surface area contributed by atoms with Gasteiger partial charge >= 0.3 is 0 Å². The maximum Gasteiger partial charge on any atom is 0.177 e. The summed E-state index contributed by atoms with van der Waals surface area (Å²) in [7, 11) is -1.78. The number of anilines is 3. The van der Waals surface area contributed by atoms with Gasteiger partial charge in [0.15, 0.2) is 15.7 Å². The summed E-state index contributed by atoms with van der Waals surface area (Å²) < 4.78 is 30.3. The number of methoxy groups -OCH3 is 1. The van der Waals surface area contributed by atoms with Crippen LogP contribution in [-0.2, 0) is 22.7 Å². The molecule has 188 valence electrons. The third-order valence-electron chi connectivity index (χ3n) is 6.50. The number of piperidine rings is 1. The molecule has 0 bridgehead atoms. The Morgan fingerprint density at radius 2 is 1.92 bits per heavy atom. The zero-order valence-corrected chi connectivity index (χ0v) is 21.1. The van der Waals surface area contributed by atoms with Crippen LogP contribution < -0.4 is 15.0 Å². The molecule has 1 aromatic heterocycles. The Morgan fingerprint density at radius 3 is 2.67 bits per heavy atom. The van der Waals surface area contributed by atoms with Gasteiger partial charge in [-0.2, -0.15) is 0 Å². The van der Waals surface area contributed by atoms with E-state index in [0.717, 1.165) is 48.6 Å². The fourth-order valence-electron chi connectivity index (χ4n) is 4.61. The van der Waals surface area contributed by atoms with E-state index in [4.69, 9.17) is 14.7 Å². The molecule has 2 N–H and O–H groups in total. The Labute approximate surface area is 210 Å². The fraction of sp³-hybridized carbons (Fsp3) is 0.346. The van der Waals surface area contributed by atoms with Gasteiger partial charge < -0.3 is 20.1 Å². The van der Waals surface area contributed by atoms with Gasteiger partial charge in [-0.25, -0.2) is 18.4 Å². The number of hydrogen-bond donors (Lipinski definition) is 2. The van der Waals surface area contributed by atoms with E-state index in [2.05, 4.69) is 21.3 Å². The molecule has 0 atom stereocenters. The van der Waals surface area contributed by atoms with E-state index in [0.29, 0.717) is 35.9 Å². The van der Waals surface area contributed by atoms with Crippen LogP contribution in [0.15, 0.2) is 52.4 Å². The van der Waals surface area contributed by atoms with Crippen molar-refractivity contribution in [3.8, 4) is 5.75 Å². The van der Waals surface area contributed by atoms with Crippen LogP contribution in [0.1, 0.15) is 29.9 Å². The molecule has 1 saturated heterocycles. The Balaban J connectivity index is 1.44. The van der Waals surface area contributed by atoms with Crippen molar-refractivity contribution < 1.29 is 18.3 Å². The van der Waals surface area contributed by atoms with Crippen LogP contribution in [0.3, 0.4) is 0 Å². The molecule has 9 nitrogen and oxygen atoms in total. The summed E-state index contributed by atoms with van der Waals surface area (Å²) in [5, 5.41) is 13.0. The topological polar surface area (TPSA) is 117 Å². The quantitative estimate of drug-likeness (QED) is 0.500. The number of aliphatic hydroxyl groups excluding tert-OH is 1. The number of aliphatic imine (C=N–C) groups is 1. The summed E-state index contributed by atoms with van der Waals surface area (Å²) in [5.41, 5.74) is 3.87. The van der Waals surface area contributed by atoms with Crippen LogP contribution in [0, 0.1) is 0 Å². The third kappa shape index (κ3) is 5.05. The molecule has 3 heterocycles. The van der Waals surface area contributed by atoms with Gasteiger partial charge in [-0.1, -0.05) is 18.2 Å². The number of para-hydroxylation sites is 1. The second-order valence-electron chi connectivity index (χ2n) is 9.08. The summed E-state index contributed by atoms with van der Waals surface area (Å²) in [4.78, 5) is 16.3. The van der Waals surface area contributed by atoms with E-state index in [1.54, 1.807) is 37.6 Å². The number of aliphatic hydroxyl groups is 1. The van der Waals surface area contributed by atoms with E-state index in [1.807, 2.05) is 12.1 Å². The lowest BCUT2D eigenvalue weighted by atomic mass is 10.1. The van der Waals surface area contributed by atoms with Crippen molar-refractivity contribution in [3.63, 3.8) is 0 Å². The summed E-state index contributed by atoms with van der Waals surface area (Å²) in [5.74, 6) is 1.81. The molecule has 36 heavy (non-hydrogen) atoms. The van der Waals surface area contributed by atoms with Crippen molar-refractivity contribution in [2.24, 2.45) is 4.99 Å². The van der Waals surface area contributed by atoms with Gasteiger partial charge in [-0.05, 0) is 31.0 Å². The Morgan fingerprint density at radius 1 is 1.14 bits per heavy atom. The average molecular weight is 508 g/mol. The lowest BCUT2D eigenvalue weighted by Crippen LogP contribution is -2.35. The molecule has 1 fully saturated rings. The minimum absolute atomic E-state index is 0.198. The van der Waals surface area contributed by atoms with Crippen molar-refractivity contribution in [2.45, 2.75) is 36.7 Å². The normalized spacial score (nSPS) is 15.7. The second kappa shape index (κ2) is 9.87. The summed E-state index contributed by atoms with van der Waals surface area (Å²) in [6.07, 6.45) is 5.28. The fourth-order valence-corrected chi connectivity index (χ4v) is 5.46. The van der Waals surface area contributed by atoms with E-state index in [1.165, 1.54) is 6.26 Å². The van der Waals surface area contributed by atoms with Crippen LogP contribution in [0.25, 0.3) is 0 Å². The summed E-state index contributed by atoms with van der Waals surface area (Å²) in [6.45, 7) is 1.61. The highest BCUT2D eigenvalue weighted by atomic mass is 32.2. The number of fused-ring (bicyclic) bond motifs is 1. The average Bonchev–Trinajstić information content (AvgIpc) is 3.34. The first kappa shape index (κ1) is 24.2. The molecule has 0 saturated carbocycles. The molecule has 0 amide bonds. The van der Waals surface area contributed by atoms with Gasteiger partial charge in [0.1, 0.15) is 17.3 Å². The molecule has 0 spiro atoms. The van der Waals surface area contributed by atoms with Crippen molar-refractivity contribution in [1.82, 2.24) is 9.97 Å². The summed E-state index contributed by atoms with van der Waals surface area (Å²) >= 11 is 0. The predicted octanol–water partition coefficient (Wildman–Crippen LogP) is 3.44. The number of nitrogens with one attached hydrogen (secondary N) is 1. The molecule has 0 unspecified atom stereocenters. The monoisotopic (exact) mass is 507 g/mol. The van der Waals surface area contributed by atoms with Gasteiger partial charge in [-0.3, -0.25) is 4.99 Å².